The molecule has 138 valence electrons. The average molecular weight is 378 g/mol. The summed E-state index contributed by atoms with van der Waals surface area (Å²) in [6.07, 6.45) is 6.07. The molecule has 0 bridgehead atoms. The number of hydrogen-bond donors (Lipinski definition) is 1. The van der Waals surface area contributed by atoms with Crippen molar-refractivity contribution in [1.29, 1.82) is 0 Å². The summed E-state index contributed by atoms with van der Waals surface area (Å²) in [5.74, 6) is 0.609. The topological polar surface area (TPSA) is 88.6 Å². The number of nitro benzene ring substituents is 1. The zero-order chi connectivity index (χ0) is 18.5. The van der Waals surface area contributed by atoms with Gasteiger partial charge in [0.2, 0.25) is 5.91 Å². The number of non-ortho nitro benzene ring substituents is 1. The van der Waals surface area contributed by atoms with Gasteiger partial charge in [0.15, 0.2) is 0 Å². The summed E-state index contributed by atoms with van der Waals surface area (Å²) in [7, 11) is 0. The summed E-state index contributed by atoms with van der Waals surface area (Å²) in [5.41, 5.74) is 0.255. The van der Waals surface area contributed by atoms with Gasteiger partial charge in [0.05, 0.1) is 35.0 Å². The number of nitro groups is 1. The van der Waals surface area contributed by atoms with Gasteiger partial charge in [-0.1, -0.05) is 24.4 Å². The highest BCUT2D eigenvalue weighted by Gasteiger charge is 2.25. The molecule has 1 aromatic heterocycles. The molecule has 1 amide bonds. The number of benzene rings is 1. The van der Waals surface area contributed by atoms with Crippen molar-refractivity contribution in [2.24, 2.45) is 0 Å². The molecule has 1 N–H and O–H groups in total. The molecule has 0 radical (unpaired) electrons. The average Bonchev–Trinajstić information content (AvgIpc) is 3.29. The third-order valence-corrected chi connectivity index (χ3v) is 4.88. The molecule has 1 aromatic carbocycles. The summed E-state index contributed by atoms with van der Waals surface area (Å²) < 4.78 is 5.42. The maximum atomic E-state index is 12.5. The van der Waals surface area contributed by atoms with Crippen molar-refractivity contribution < 1.29 is 14.1 Å². The number of halogens is 1. The zero-order valence-corrected chi connectivity index (χ0v) is 14.9. The fourth-order valence-corrected chi connectivity index (χ4v) is 3.50. The SMILES string of the molecule is O=C(CN(Cc1ccco1)C1CCCC1)Nc1ccc([N+](=O)[O-])cc1Cl. The Morgan fingerprint density at radius 1 is 1.35 bits per heavy atom. The Morgan fingerprint density at radius 2 is 2.12 bits per heavy atom. The van der Waals surface area contributed by atoms with Gasteiger partial charge in [0.1, 0.15) is 5.76 Å². The summed E-state index contributed by atoms with van der Waals surface area (Å²) in [6.45, 7) is 0.776. The van der Waals surface area contributed by atoms with Crippen LogP contribution in [0.5, 0.6) is 0 Å². The van der Waals surface area contributed by atoms with Gasteiger partial charge in [-0.25, -0.2) is 0 Å². The van der Waals surface area contributed by atoms with Gasteiger partial charge in [-0.2, -0.15) is 0 Å². The Balaban J connectivity index is 1.66. The van der Waals surface area contributed by atoms with Crippen LogP contribution in [0.15, 0.2) is 41.0 Å². The Morgan fingerprint density at radius 3 is 2.73 bits per heavy atom. The largest absolute Gasteiger partial charge is 0.468 e. The van der Waals surface area contributed by atoms with E-state index in [1.54, 1.807) is 6.26 Å². The van der Waals surface area contributed by atoms with E-state index in [2.05, 4.69) is 10.2 Å². The van der Waals surface area contributed by atoms with E-state index in [-0.39, 0.29) is 23.2 Å². The van der Waals surface area contributed by atoms with Crippen LogP contribution in [0, 0.1) is 10.1 Å². The number of nitrogens with zero attached hydrogens (tertiary/aromatic N) is 2. The van der Waals surface area contributed by atoms with Crippen molar-refractivity contribution in [1.82, 2.24) is 4.90 Å². The highest BCUT2D eigenvalue weighted by molar-refractivity contribution is 6.34. The predicted octanol–water partition coefficient (Wildman–Crippen LogP) is 4.22. The summed E-state index contributed by atoms with van der Waals surface area (Å²) in [6, 6.07) is 8.07. The van der Waals surface area contributed by atoms with Crippen molar-refractivity contribution in [3.8, 4) is 0 Å². The van der Waals surface area contributed by atoms with Gasteiger partial charge in [-0.15, -0.1) is 0 Å². The summed E-state index contributed by atoms with van der Waals surface area (Å²) in [5, 5.41) is 13.7. The van der Waals surface area contributed by atoms with Crippen molar-refractivity contribution in [2.75, 3.05) is 11.9 Å². The lowest BCUT2D eigenvalue weighted by Crippen LogP contribution is -2.39. The van der Waals surface area contributed by atoms with E-state index in [0.29, 0.717) is 18.3 Å². The highest BCUT2D eigenvalue weighted by Crippen LogP contribution is 2.28. The van der Waals surface area contributed by atoms with Crippen molar-refractivity contribution in [2.45, 2.75) is 38.3 Å². The molecule has 2 aromatic rings. The second-order valence-electron chi connectivity index (χ2n) is 6.39. The van der Waals surface area contributed by atoms with Gasteiger partial charge in [0, 0.05) is 18.2 Å². The Hall–Kier alpha value is -2.38. The highest BCUT2D eigenvalue weighted by atomic mass is 35.5. The van der Waals surface area contributed by atoms with Crippen LogP contribution in [0.2, 0.25) is 5.02 Å². The van der Waals surface area contributed by atoms with E-state index in [1.807, 2.05) is 12.1 Å². The maximum Gasteiger partial charge on any atom is 0.271 e. The van der Waals surface area contributed by atoms with Crippen LogP contribution in [0.4, 0.5) is 11.4 Å². The fraction of sp³-hybridized carbons (Fsp3) is 0.389. The molecular formula is C18H20ClN3O4. The first-order valence-corrected chi connectivity index (χ1v) is 8.91. The number of furan rings is 1. The molecule has 0 spiro atoms. The molecule has 0 unspecified atom stereocenters. The smallest absolute Gasteiger partial charge is 0.271 e. The lowest BCUT2D eigenvalue weighted by molar-refractivity contribution is -0.384. The Bertz CT molecular complexity index is 773. The molecule has 0 aliphatic heterocycles. The molecule has 0 saturated heterocycles. The number of carbonyl (C=O) groups excluding carboxylic acids is 1. The molecule has 1 aliphatic carbocycles. The molecule has 3 rings (SSSR count). The third-order valence-electron chi connectivity index (χ3n) is 4.56. The van der Waals surface area contributed by atoms with E-state index < -0.39 is 4.92 Å². The van der Waals surface area contributed by atoms with E-state index in [0.717, 1.165) is 31.4 Å². The number of anilines is 1. The van der Waals surface area contributed by atoms with Gasteiger partial charge in [0.25, 0.3) is 5.69 Å². The summed E-state index contributed by atoms with van der Waals surface area (Å²) in [4.78, 5) is 24.9. The first kappa shape index (κ1) is 18.4. The standard InChI is InChI=1S/C18H20ClN3O4/c19-16-10-14(22(24)25)7-8-17(16)20-18(23)12-21(13-4-1-2-5-13)11-15-6-3-9-26-15/h3,6-10,13H,1-2,4-5,11-12H2,(H,20,23). The fourth-order valence-electron chi connectivity index (χ4n) is 3.28. The predicted molar refractivity (Wildman–Crippen MR) is 98.1 cm³/mol. The van der Waals surface area contributed by atoms with Gasteiger partial charge in [-0.05, 0) is 31.0 Å². The van der Waals surface area contributed by atoms with Gasteiger partial charge in [-0.3, -0.25) is 19.8 Å². The number of rotatable bonds is 7. The minimum atomic E-state index is -0.525. The van der Waals surface area contributed by atoms with Crippen LogP contribution in [-0.2, 0) is 11.3 Å². The first-order chi connectivity index (χ1) is 12.5. The second kappa shape index (κ2) is 8.33. The zero-order valence-electron chi connectivity index (χ0n) is 14.2. The van der Waals surface area contributed by atoms with Crippen LogP contribution in [-0.4, -0.2) is 28.3 Å². The Labute approximate surface area is 156 Å². The Kier molecular flexibility index (Phi) is 5.90. The number of amides is 1. The van der Waals surface area contributed by atoms with Crippen LogP contribution in [0.25, 0.3) is 0 Å². The monoisotopic (exact) mass is 377 g/mol. The molecule has 1 fully saturated rings. The van der Waals surface area contributed by atoms with Crippen LogP contribution in [0.1, 0.15) is 31.4 Å². The minimum Gasteiger partial charge on any atom is -0.468 e. The molecule has 7 nitrogen and oxygen atoms in total. The van der Waals surface area contributed by atoms with Crippen LogP contribution >= 0.6 is 11.6 Å². The molecular weight excluding hydrogens is 358 g/mol. The number of nitrogens with one attached hydrogen (secondary N) is 1. The van der Waals surface area contributed by atoms with E-state index in [1.165, 1.54) is 18.2 Å². The maximum absolute atomic E-state index is 12.5. The molecule has 1 aliphatic rings. The van der Waals surface area contributed by atoms with Gasteiger partial charge >= 0.3 is 0 Å². The minimum absolute atomic E-state index is 0.113. The second-order valence-corrected chi connectivity index (χ2v) is 6.80. The van der Waals surface area contributed by atoms with Gasteiger partial charge < -0.3 is 9.73 Å². The van der Waals surface area contributed by atoms with Crippen molar-refractivity contribution >= 4 is 28.9 Å². The van der Waals surface area contributed by atoms with Crippen molar-refractivity contribution in [3.63, 3.8) is 0 Å². The van der Waals surface area contributed by atoms with E-state index in [9.17, 15) is 14.9 Å². The van der Waals surface area contributed by atoms with Crippen molar-refractivity contribution in [3.05, 3.63) is 57.5 Å². The van der Waals surface area contributed by atoms with E-state index >= 15 is 0 Å². The van der Waals surface area contributed by atoms with Crippen LogP contribution < -0.4 is 5.32 Å². The van der Waals surface area contributed by atoms with E-state index in [4.69, 9.17) is 16.0 Å². The lowest BCUT2D eigenvalue weighted by Gasteiger charge is -2.27. The molecule has 0 atom stereocenters. The van der Waals surface area contributed by atoms with Crippen LogP contribution in [0.3, 0.4) is 0 Å². The molecule has 1 heterocycles. The first-order valence-electron chi connectivity index (χ1n) is 8.53. The molecule has 26 heavy (non-hydrogen) atoms. The quantitative estimate of drug-likeness (QED) is 0.576. The molecule has 8 heteroatoms. The normalized spacial score (nSPS) is 14.7. The summed E-state index contributed by atoms with van der Waals surface area (Å²) >= 11 is 6.05. The number of hydrogen-bond acceptors (Lipinski definition) is 5. The number of carbonyl (C=O) groups is 1. The lowest BCUT2D eigenvalue weighted by atomic mass is 10.2. The third kappa shape index (κ3) is 4.62. The molecule has 1 saturated carbocycles.